The second-order valence-electron chi connectivity index (χ2n) is 10.4. The summed E-state index contributed by atoms with van der Waals surface area (Å²) in [5, 5.41) is 5.50. The van der Waals surface area contributed by atoms with Crippen LogP contribution in [-0.2, 0) is 23.7 Å². The number of hydrogen-bond donors (Lipinski definition) is 1. The number of aromatic nitrogens is 1. The molecule has 2 atom stereocenters. The Labute approximate surface area is 212 Å². The van der Waals surface area contributed by atoms with Crippen molar-refractivity contribution >= 4 is 21.9 Å². The molecule has 1 unspecified atom stereocenters. The number of benzene rings is 2. The minimum absolute atomic E-state index is 0.00956. The van der Waals surface area contributed by atoms with Gasteiger partial charge in [-0.15, -0.1) is 0 Å². The van der Waals surface area contributed by atoms with Gasteiger partial charge in [-0.1, -0.05) is 51.1 Å². The number of hydrogen-bond acceptors (Lipinski definition) is 1. The maximum absolute atomic E-state index is 14.4. The van der Waals surface area contributed by atoms with E-state index in [9.17, 15) is 30.6 Å². The molecule has 3 aromatic rings. The van der Waals surface area contributed by atoms with E-state index in [0.29, 0.717) is 0 Å². The third-order valence-corrected chi connectivity index (χ3v) is 7.10. The zero-order chi connectivity index (χ0) is 29.1. The third-order valence-electron chi connectivity index (χ3n) is 5.85. The van der Waals surface area contributed by atoms with E-state index in [4.69, 9.17) is 7.88 Å². The Morgan fingerprint density at radius 2 is 1.61 bits per heavy atom. The number of nitrogens with two attached hydrogens (primary N) is 1. The molecule has 0 radical (unpaired) electrons. The summed E-state index contributed by atoms with van der Waals surface area (Å²) in [4.78, 5) is 0. The lowest BCUT2D eigenvalue weighted by atomic mass is 9.88. The van der Waals surface area contributed by atoms with Crippen LogP contribution in [0.3, 0.4) is 0 Å². The highest BCUT2D eigenvalue weighted by atomic mass is 32.2. The SMILES string of the molecule is [2H]C([2H])(n1cc([C@H](CC(C)(C)S(N)=O)C(F)(F)F)c2ccc(-c3ccccc3C(F)(F)F)cc21)C(C)(C)C. The topological polar surface area (TPSA) is 48.0 Å². The second-order valence-corrected chi connectivity index (χ2v) is 12.1. The molecule has 3 rings (SSSR count). The highest BCUT2D eigenvalue weighted by Gasteiger charge is 2.46. The Balaban J connectivity index is 2.39. The molecule has 1 aromatic heterocycles. The largest absolute Gasteiger partial charge is 0.417 e. The van der Waals surface area contributed by atoms with Crippen molar-refractivity contribution in [2.45, 2.75) is 70.6 Å². The predicted molar refractivity (Wildman–Crippen MR) is 132 cm³/mol. The van der Waals surface area contributed by atoms with E-state index in [1.807, 2.05) is 0 Å². The lowest BCUT2D eigenvalue weighted by molar-refractivity contribution is -0.152. The molecular formula is C26H30F6N2OS. The molecule has 0 aliphatic carbocycles. The van der Waals surface area contributed by atoms with Gasteiger partial charge in [-0.25, -0.2) is 4.21 Å². The summed E-state index contributed by atoms with van der Waals surface area (Å²) < 4.78 is 114. The smallest absolute Gasteiger partial charge is 0.347 e. The van der Waals surface area contributed by atoms with E-state index < -0.39 is 57.9 Å². The molecule has 0 aliphatic rings. The van der Waals surface area contributed by atoms with Crippen LogP contribution in [0.5, 0.6) is 0 Å². The minimum Gasteiger partial charge on any atom is -0.347 e. The van der Waals surface area contributed by atoms with Crippen molar-refractivity contribution in [2.75, 3.05) is 0 Å². The summed E-state index contributed by atoms with van der Waals surface area (Å²) in [7, 11) is -2.09. The molecule has 1 heterocycles. The van der Waals surface area contributed by atoms with Gasteiger partial charge in [0.05, 0.1) is 30.0 Å². The molecule has 0 saturated heterocycles. The zero-order valence-corrected chi connectivity index (χ0v) is 21.3. The standard InChI is InChI=1S/C26H30F6N2OS/c1-23(2,3)15-34-14-19(21(26(30,31)32)13-24(4,5)36(33)35)18-11-10-16(12-22(18)34)17-8-6-7-9-20(17)25(27,28)29/h6-12,14,21H,13,15,33H2,1-5H3/t21-,36?/m0/s1/i15D2. The number of fused-ring (bicyclic) bond motifs is 1. The van der Waals surface area contributed by atoms with Crippen LogP contribution in [0.2, 0.25) is 0 Å². The van der Waals surface area contributed by atoms with E-state index >= 15 is 0 Å². The van der Waals surface area contributed by atoms with Crippen molar-refractivity contribution in [1.29, 1.82) is 0 Å². The van der Waals surface area contributed by atoms with Gasteiger partial charge in [-0.2, -0.15) is 26.3 Å². The predicted octanol–water partition coefficient (Wildman–Crippen LogP) is 7.81. The fourth-order valence-electron chi connectivity index (χ4n) is 4.11. The minimum atomic E-state index is -4.80. The Morgan fingerprint density at radius 1 is 1.00 bits per heavy atom. The Kier molecular flexibility index (Phi) is 6.70. The molecule has 0 amide bonds. The normalized spacial score (nSPS) is 16.6. The number of nitrogens with zero attached hydrogens (tertiary/aromatic N) is 1. The first-order valence-electron chi connectivity index (χ1n) is 12.1. The van der Waals surface area contributed by atoms with Crippen LogP contribution >= 0.6 is 0 Å². The molecule has 0 saturated carbocycles. The van der Waals surface area contributed by atoms with Gasteiger partial charge in [0.15, 0.2) is 0 Å². The molecule has 10 heteroatoms. The maximum Gasteiger partial charge on any atom is 0.417 e. The quantitative estimate of drug-likeness (QED) is 0.322. The molecule has 0 aliphatic heterocycles. The lowest BCUT2D eigenvalue weighted by Gasteiger charge is -2.29. The van der Waals surface area contributed by atoms with Gasteiger partial charge in [0.25, 0.3) is 0 Å². The van der Waals surface area contributed by atoms with Crippen molar-refractivity contribution in [3.05, 3.63) is 59.8 Å². The molecule has 2 N–H and O–H groups in total. The fourth-order valence-corrected chi connectivity index (χ4v) is 4.44. The van der Waals surface area contributed by atoms with Crippen molar-refractivity contribution in [3.63, 3.8) is 0 Å². The summed E-state index contributed by atoms with van der Waals surface area (Å²) >= 11 is 0. The molecule has 2 aromatic carbocycles. The van der Waals surface area contributed by atoms with Crippen LogP contribution in [0, 0.1) is 5.41 Å². The Hall–Kier alpha value is -2.33. The van der Waals surface area contributed by atoms with Crippen molar-refractivity contribution in [3.8, 4) is 11.1 Å². The average molecular weight is 535 g/mol. The second kappa shape index (κ2) is 9.52. The van der Waals surface area contributed by atoms with Crippen LogP contribution in [-0.4, -0.2) is 19.7 Å². The van der Waals surface area contributed by atoms with Crippen molar-refractivity contribution in [1.82, 2.24) is 4.57 Å². The third kappa shape index (κ3) is 6.14. The molecule has 0 fully saturated rings. The summed E-state index contributed by atoms with van der Waals surface area (Å²) in [5.74, 6) is -2.15. The van der Waals surface area contributed by atoms with Crippen LogP contribution < -0.4 is 5.14 Å². The summed E-state index contributed by atoms with van der Waals surface area (Å²) in [5.41, 5.74) is -2.38. The number of alkyl halides is 6. The first kappa shape index (κ1) is 25.3. The van der Waals surface area contributed by atoms with E-state index in [0.717, 1.165) is 16.8 Å². The maximum atomic E-state index is 14.4. The molecule has 0 spiro atoms. The Bertz CT molecular complexity index is 1360. The molecule has 0 bridgehead atoms. The molecule has 198 valence electrons. The van der Waals surface area contributed by atoms with E-state index in [-0.39, 0.29) is 27.6 Å². The van der Waals surface area contributed by atoms with Crippen LogP contribution in [0.4, 0.5) is 26.3 Å². The van der Waals surface area contributed by atoms with E-state index in [1.165, 1.54) is 50.2 Å². The van der Waals surface area contributed by atoms with Gasteiger partial charge in [0, 0.05) is 23.6 Å². The van der Waals surface area contributed by atoms with Crippen molar-refractivity contribution < 1.29 is 33.3 Å². The number of rotatable bonds is 6. The van der Waals surface area contributed by atoms with Crippen molar-refractivity contribution in [2.24, 2.45) is 10.6 Å². The van der Waals surface area contributed by atoms with E-state index in [2.05, 4.69) is 0 Å². The monoisotopic (exact) mass is 534 g/mol. The first-order valence-corrected chi connectivity index (χ1v) is 12.4. The first-order chi connectivity index (χ1) is 17.1. The summed E-state index contributed by atoms with van der Waals surface area (Å²) in [6.07, 6.45) is -9.05. The highest BCUT2D eigenvalue weighted by Crippen LogP contribution is 2.46. The van der Waals surface area contributed by atoms with Gasteiger partial charge in [-0.3, -0.25) is 5.14 Å². The summed E-state index contributed by atoms with van der Waals surface area (Å²) in [6.45, 7) is 5.19. The van der Waals surface area contributed by atoms with Gasteiger partial charge >= 0.3 is 12.4 Å². The zero-order valence-electron chi connectivity index (χ0n) is 22.5. The summed E-state index contributed by atoms with van der Waals surface area (Å²) in [6, 6.07) is 8.69. The average Bonchev–Trinajstić information content (AvgIpc) is 3.14. The van der Waals surface area contributed by atoms with Crippen LogP contribution in [0.25, 0.3) is 22.0 Å². The Morgan fingerprint density at radius 3 is 2.14 bits per heavy atom. The van der Waals surface area contributed by atoms with Gasteiger partial charge in [-0.05, 0) is 54.5 Å². The van der Waals surface area contributed by atoms with Gasteiger partial charge in [0.1, 0.15) is 0 Å². The van der Waals surface area contributed by atoms with Gasteiger partial charge in [0.2, 0.25) is 0 Å². The van der Waals surface area contributed by atoms with E-state index in [1.54, 1.807) is 20.8 Å². The number of halogens is 6. The highest BCUT2D eigenvalue weighted by molar-refractivity contribution is 7.84. The lowest BCUT2D eigenvalue weighted by Crippen LogP contribution is -2.37. The van der Waals surface area contributed by atoms with Gasteiger partial charge < -0.3 is 4.57 Å². The van der Waals surface area contributed by atoms with Crippen LogP contribution in [0.1, 0.15) is 60.8 Å². The van der Waals surface area contributed by atoms with Crippen LogP contribution in [0.15, 0.2) is 48.7 Å². The fraction of sp³-hybridized carbons (Fsp3) is 0.462. The molecule has 3 nitrogen and oxygen atoms in total. The molecule has 36 heavy (non-hydrogen) atoms. The molecular weight excluding hydrogens is 502 g/mol.